The molecule has 2 rings (SSSR count). The Morgan fingerprint density at radius 3 is 2.44 bits per heavy atom. The van der Waals surface area contributed by atoms with Gasteiger partial charge in [-0.1, -0.05) is 0 Å². The first kappa shape index (κ1) is 20.6. The number of benzene rings is 1. The largest absolute Gasteiger partial charge is 0.493 e. The van der Waals surface area contributed by atoms with Crippen molar-refractivity contribution in [2.24, 2.45) is 0 Å². The molecule has 9 heteroatoms. The van der Waals surface area contributed by atoms with Crippen molar-refractivity contribution in [3.63, 3.8) is 0 Å². The number of carbonyl (C=O) groups excluding carboxylic acids is 1. The van der Waals surface area contributed by atoms with E-state index in [-0.39, 0.29) is 17.7 Å². The fraction of sp³-hybridized carbons (Fsp3) is 0.389. The first-order valence-corrected chi connectivity index (χ1v) is 9.41. The van der Waals surface area contributed by atoms with Gasteiger partial charge >= 0.3 is 11.6 Å². The van der Waals surface area contributed by atoms with Crippen molar-refractivity contribution in [3.8, 4) is 11.5 Å². The molecule has 1 aromatic carbocycles. The highest BCUT2D eigenvalue weighted by molar-refractivity contribution is 7.98. The second-order valence-electron chi connectivity index (χ2n) is 5.79. The molecule has 0 saturated carbocycles. The zero-order valence-electron chi connectivity index (χ0n) is 15.5. The molecule has 0 saturated heterocycles. The normalized spacial score (nSPS) is 11.9. The maximum Gasteiger partial charge on any atom is 0.340 e. The molecule has 0 radical (unpaired) electrons. The van der Waals surface area contributed by atoms with Crippen LogP contribution >= 0.6 is 11.8 Å². The third-order valence-electron chi connectivity index (χ3n) is 4.10. The zero-order chi connectivity index (χ0) is 20.1. The van der Waals surface area contributed by atoms with Crippen LogP contribution in [0, 0.1) is 6.92 Å². The molecule has 0 fully saturated rings. The summed E-state index contributed by atoms with van der Waals surface area (Å²) in [5, 5.41) is 12.2. The molecule has 1 amide bonds. The van der Waals surface area contributed by atoms with Crippen LogP contribution in [-0.2, 0) is 16.0 Å². The molecule has 0 unspecified atom stereocenters. The quantitative estimate of drug-likeness (QED) is 0.648. The second kappa shape index (κ2) is 8.81. The third-order valence-corrected chi connectivity index (χ3v) is 4.76. The van der Waals surface area contributed by atoms with Crippen molar-refractivity contribution >= 4 is 34.6 Å². The number of ether oxygens (including phenoxy) is 2. The van der Waals surface area contributed by atoms with E-state index in [4.69, 9.17) is 19.0 Å². The molecule has 0 spiro atoms. The van der Waals surface area contributed by atoms with E-state index < -0.39 is 23.5 Å². The molecule has 0 bridgehead atoms. The highest BCUT2D eigenvalue weighted by atomic mass is 32.2. The number of hydrogen-bond acceptors (Lipinski definition) is 7. The summed E-state index contributed by atoms with van der Waals surface area (Å²) in [6, 6.07) is 2.19. The molecule has 0 aliphatic rings. The van der Waals surface area contributed by atoms with Crippen LogP contribution < -0.4 is 20.4 Å². The summed E-state index contributed by atoms with van der Waals surface area (Å²) in [5.41, 5.74) is 0.388. The Morgan fingerprint density at radius 2 is 1.89 bits per heavy atom. The fourth-order valence-corrected chi connectivity index (χ4v) is 3.23. The molecule has 1 heterocycles. The van der Waals surface area contributed by atoms with E-state index in [1.54, 1.807) is 25.3 Å². The van der Waals surface area contributed by atoms with Crippen molar-refractivity contribution in [3.05, 3.63) is 33.7 Å². The van der Waals surface area contributed by atoms with Gasteiger partial charge in [0.15, 0.2) is 11.5 Å². The molecular formula is C18H21NO7S. The number of aryl methyl sites for hydroxylation is 1. The summed E-state index contributed by atoms with van der Waals surface area (Å²) in [6.45, 7) is 1.70. The van der Waals surface area contributed by atoms with Crippen LogP contribution in [-0.4, -0.2) is 49.3 Å². The van der Waals surface area contributed by atoms with Crippen LogP contribution in [0.5, 0.6) is 11.5 Å². The predicted octanol–water partition coefficient (Wildman–Crippen LogP) is 1.59. The molecule has 0 aliphatic heterocycles. The lowest BCUT2D eigenvalue weighted by molar-refractivity contribution is -0.141. The Hall–Kier alpha value is -2.68. The number of rotatable bonds is 8. The van der Waals surface area contributed by atoms with Crippen molar-refractivity contribution in [1.82, 2.24) is 5.32 Å². The molecule has 1 atom stereocenters. The Balaban J connectivity index is 2.39. The Labute approximate surface area is 159 Å². The lowest BCUT2D eigenvalue weighted by Gasteiger charge is -2.14. The smallest absolute Gasteiger partial charge is 0.340 e. The Bertz CT molecular complexity index is 922. The van der Waals surface area contributed by atoms with E-state index in [0.717, 1.165) is 0 Å². The number of carbonyl (C=O) groups is 2. The first-order chi connectivity index (χ1) is 12.8. The Morgan fingerprint density at radius 1 is 1.26 bits per heavy atom. The summed E-state index contributed by atoms with van der Waals surface area (Å²) in [4.78, 5) is 35.8. The van der Waals surface area contributed by atoms with Gasteiger partial charge in [-0.2, -0.15) is 11.8 Å². The highest BCUT2D eigenvalue weighted by Gasteiger charge is 2.22. The lowest BCUT2D eigenvalue weighted by Crippen LogP contribution is -2.43. The third kappa shape index (κ3) is 4.54. The minimum absolute atomic E-state index is 0.167. The molecule has 146 valence electrons. The Kier molecular flexibility index (Phi) is 6.73. The van der Waals surface area contributed by atoms with Crippen molar-refractivity contribution in [2.45, 2.75) is 19.4 Å². The SMILES string of the molecule is COc1cc2oc(=O)c(CC(=O)N[C@@H](CSC)C(=O)O)c(C)c2cc1OC. The number of thioether (sulfide) groups is 1. The number of aliphatic carboxylic acids is 1. The average Bonchev–Trinajstić information content (AvgIpc) is 2.63. The van der Waals surface area contributed by atoms with Crippen LogP contribution in [0.2, 0.25) is 0 Å². The molecule has 27 heavy (non-hydrogen) atoms. The molecule has 1 aromatic heterocycles. The number of methoxy groups -OCH3 is 2. The van der Waals surface area contributed by atoms with E-state index in [9.17, 15) is 14.4 Å². The minimum Gasteiger partial charge on any atom is -0.493 e. The van der Waals surface area contributed by atoms with Crippen molar-refractivity contribution in [2.75, 3.05) is 26.2 Å². The molecule has 2 aromatic rings. The average molecular weight is 395 g/mol. The van der Waals surface area contributed by atoms with Crippen LogP contribution in [0.3, 0.4) is 0 Å². The number of nitrogens with one attached hydrogen (secondary N) is 1. The van der Waals surface area contributed by atoms with Crippen molar-refractivity contribution in [1.29, 1.82) is 0 Å². The van der Waals surface area contributed by atoms with Crippen LogP contribution in [0.1, 0.15) is 11.1 Å². The number of fused-ring (bicyclic) bond motifs is 1. The first-order valence-electron chi connectivity index (χ1n) is 8.01. The molecule has 0 aliphatic carbocycles. The summed E-state index contributed by atoms with van der Waals surface area (Å²) in [5.74, 6) is -0.588. The van der Waals surface area contributed by atoms with E-state index >= 15 is 0 Å². The maximum atomic E-state index is 12.3. The summed E-state index contributed by atoms with van der Waals surface area (Å²) >= 11 is 1.30. The minimum atomic E-state index is -1.13. The van der Waals surface area contributed by atoms with Gasteiger partial charge in [0.1, 0.15) is 11.6 Å². The van der Waals surface area contributed by atoms with Crippen LogP contribution in [0.4, 0.5) is 0 Å². The zero-order valence-corrected chi connectivity index (χ0v) is 16.3. The van der Waals surface area contributed by atoms with Gasteiger partial charge in [0.2, 0.25) is 5.91 Å². The van der Waals surface area contributed by atoms with Crippen LogP contribution in [0.15, 0.2) is 21.3 Å². The number of hydrogen-bond donors (Lipinski definition) is 2. The van der Waals surface area contributed by atoms with E-state index in [2.05, 4.69) is 5.32 Å². The van der Waals surface area contributed by atoms with Crippen molar-refractivity contribution < 1.29 is 28.6 Å². The summed E-state index contributed by atoms with van der Waals surface area (Å²) in [7, 11) is 2.96. The standard InChI is InChI=1S/C18H21NO7S/c1-9-10-5-14(24-2)15(25-3)7-13(10)26-18(23)11(9)6-16(20)19-12(8-27-4)17(21)22/h5,7,12H,6,8H2,1-4H3,(H,19,20)(H,21,22)/t12-/m0/s1. The predicted molar refractivity (Wildman–Crippen MR) is 102 cm³/mol. The van der Waals surface area contributed by atoms with Gasteiger partial charge in [-0.05, 0) is 24.8 Å². The number of amides is 1. The molecule has 2 N–H and O–H groups in total. The number of carboxylic acids is 1. The monoisotopic (exact) mass is 395 g/mol. The van der Waals surface area contributed by atoms with E-state index in [1.807, 2.05) is 0 Å². The van der Waals surface area contributed by atoms with Gasteiger partial charge in [0, 0.05) is 17.2 Å². The van der Waals surface area contributed by atoms with E-state index in [0.29, 0.717) is 28.0 Å². The maximum absolute atomic E-state index is 12.3. The van der Waals surface area contributed by atoms with Gasteiger partial charge in [0.05, 0.1) is 26.2 Å². The van der Waals surface area contributed by atoms with Gasteiger partial charge in [-0.3, -0.25) is 4.79 Å². The topological polar surface area (TPSA) is 115 Å². The van der Waals surface area contributed by atoms with Gasteiger partial charge in [0.25, 0.3) is 0 Å². The lowest BCUT2D eigenvalue weighted by atomic mass is 10.0. The molecule has 8 nitrogen and oxygen atoms in total. The van der Waals surface area contributed by atoms with Gasteiger partial charge in [-0.25, -0.2) is 9.59 Å². The van der Waals surface area contributed by atoms with E-state index in [1.165, 1.54) is 26.0 Å². The van der Waals surface area contributed by atoms with Gasteiger partial charge < -0.3 is 24.3 Å². The summed E-state index contributed by atoms with van der Waals surface area (Å²) < 4.78 is 15.8. The summed E-state index contributed by atoms with van der Waals surface area (Å²) in [6.07, 6.45) is 1.46. The second-order valence-corrected chi connectivity index (χ2v) is 6.70. The van der Waals surface area contributed by atoms with Crippen LogP contribution in [0.25, 0.3) is 11.0 Å². The molecular weight excluding hydrogens is 374 g/mol. The fourth-order valence-electron chi connectivity index (χ4n) is 2.67. The number of carboxylic acid groups (broad SMARTS) is 1. The van der Waals surface area contributed by atoms with Gasteiger partial charge in [-0.15, -0.1) is 0 Å². The highest BCUT2D eigenvalue weighted by Crippen LogP contribution is 2.33.